The molecule has 3 nitrogen and oxygen atoms in total. The minimum atomic E-state index is -1.45. The van der Waals surface area contributed by atoms with Crippen molar-refractivity contribution in [1.29, 1.82) is 0 Å². The third-order valence-electron chi connectivity index (χ3n) is 1.35. The normalized spacial score (nSPS) is 13.5. The number of hydrogen-bond acceptors (Lipinski definition) is 3. The second-order valence-electron chi connectivity index (χ2n) is 3.45. The Morgan fingerprint density at radius 3 is 2.69 bits per heavy atom. The molecule has 0 saturated heterocycles. The number of halogens is 1. The first kappa shape index (κ1) is 12.1. The standard InChI is InChI=1S/C9H16FNO2/c1-4-5-13-8(12)7(11)6-9(2,3)10/h4,7H,1,5-6,11H2,2-3H3/t7-/m0/s1. The van der Waals surface area contributed by atoms with Crippen molar-refractivity contribution in [2.45, 2.75) is 32.0 Å². The highest BCUT2D eigenvalue weighted by atomic mass is 19.1. The topological polar surface area (TPSA) is 52.3 Å². The fraction of sp³-hybridized carbons (Fsp3) is 0.667. The molecule has 0 saturated carbocycles. The molecule has 0 radical (unpaired) electrons. The summed E-state index contributed by atoms with van der Waals surface area (Å²) in [4.78, 5) is 11.0. The molecule has 0 aromatic rings. The van der Waals surface area contributed by atoms with Crippen molar-refractivity contribution in [2.75, 3.05) is 6.61 Å². The van der Waals surface area contributed by atoms with Crippen molar-refractivity contribution < 1.29 is 13.9 Å². The lowest BCUT2D eigenvalue weighted by Gasteiger charge is -2.18. The van der Waals surface area contributed by atoms with Gasteiger partial charge in [0.05, 0.1) is 0 Å². The van der Waals surface area contributed by atoms with Gasteiger partial charge in [0.15, 0.2) is 0 Å². The van der Waals surface area contributed by atoms with Crippen LogP contribution in [0.1, 0.15) is 20.3 Å². The Kier molecular flexibility index (Phi) is 4.62. The van der Waals surface area contributed by atoms with Crippen molar-refractivity contribution in [3.8, 4) is 0 Å². The van der Waals surface area contributed by atoms with Crippen LogP contribution in [-0.2, 0) is 9.53 Å². The van der Waals surface area contributed by atoms with Gasteiger partial charge in [0.2, 0.25) is 0 Å². The van der Waals surface area contributed by atoms with Crippen molar-refractivity contribution >= 4 is 5.97 Å². The minimum absolute atomic E-state index is 0.0387. The number of nitrogens with two attached hydrogens (primary N) is 1. The Morgan fingerprint density at radius 2 is 2.31 bits per heavy atom. The van der Waals surface area contributed by atoms with E-state index in [1.165, 1.54) is 19.9 Å². The third-order valence-corrected chi connectivity index (χ3v) is 1.35. The zero-order valence-corrected chi connectivity index (χ0v) is 8.05. The molecular weight excluding hydrogens is 173 g/mol. The number of carbonyl (C=O) groups is 1. The predicted octanol–water partition coefficient (Wildman–Crippen LogP) is 1.18. The molecule has 1 atom stereocenters. The summed E-state index contributed by atoms with van der Waals surface area (Å²) in [5.41, 5.74) is 3.94. The molecular formula is C9H16FNO2. The van der Waals surface area contributed by atoms with E-state index in [4.69, 9.17) is 5.73 Å². The molecule has 0 aliphatic heterocycles. The molecule has 13 heavy (non-hydrogen) atoms. The molecule has 0 aliphatic carbocycles. The largest absolute Gasteiger partial charge is 0.460 e. The molecule has 0 bridgehead atoms. The maximum absolute atomic E-state index is 13.0. The molecule has 0 spiro atoms. The van der Waals surface area contributed by atoms with E-state index in [0.29, 0.717) is 0 Å². The molecule has 4 heteroatoms. The molecule has 0 aromatic heterocycles. The van der Waals surface area contributed by atoms with E-state index in [9.17, 15) is 9.18 Å². The minimum Gasteiger partial charge on any atom is -0.460 e. The van der Waals surface area contributed by atoms with Gasteiger partial charge >= 0.3 is 5.97 Å². The van der Waals surface area contributed by atoms with E-state index in [-0.39, 0.29) is 13.0 Å². The van der Waals surface area contributed by atoms with E-state index in [1.54, 1.807) is 0 Å². The molecule has 0 amide bonds. The van der Waals surface area contributed by atoms with Gasteiger partial charge in [0.1, 0.15) is 18.3 Å². The smallest absolute Gasteiger partial charge is 0.323 e. The fourth-order valence-electron chi connectivity index (χ4n) is 0.854. The zero-order chi connectivity index (χ0) is 10.5. The van der Waals surface area contributed by atoms with Crippen molar-refractivity contribution in [2.24, 2.45) is 5.73 Å². The number of carbonyl (C=O) groups excluding carboxylic acids is 1. The van der Waals surface area contributed by atoms with Crippen LogP contribution in [0.4, 0.5) is 4.39 Å². The van der Waals surface area contributed by atoms with E-state index in [0.717, 1.165) is 0 Å². The first-order chi connectivity index (χ1) is 5.87. The number of hydrogen-bond donors (Lipinski definition) is 1. The Balaban J connectivity index is 3.89. The summed E-state index contributed by atoms with van der Waals surface area (Å²) in [7, 11) is 0. The highest BCUT2D eigenvalue weighted by Gasteiger charge is 2.25. The lowest BCUT2D eigenvalue weighted by Crippen LogP contribution is -2.37. The summed E-state index contributed by atoms with van der Waals surface area (Å²) >= 11 is 0. The Labute approximate surface area is 77.7 Å². The first-order valence-electron chi connectivity index (χ1n) is 4.09. The predicted molar refractivity (Wildman–Crippen MR) is 48.9 cm³/mol. The van der Waals surface area contributed by atoms with Gasteiger partial charge in [-0.05, 0) is 13.8 Å². The van der Waals surface area contributed by atoms with Crippen molar-refractivity contribution in [3.63, 3.8) is 0 Å². The summed E-state index contributed by atoms with van der Waals surface area (Å²) in [5.74, 6) is -0.592. The summed E-state index contributed by atoms with van der Waals surface area (Å²) in [5, 5.41) is 0. The zero-order valence-electron chi connectivity index (χ0n) is 8.05. The average Bonchev–Trinajstić information content (AvgIpc) is 1.96. The van der Waals surface area contributed by atoms with Crippen molar-refractivity contribution in [3.05, 3.63) is 12.7 Å². The van der Waals surface area contributed by atoms with Crippen LogP contribution >= 0.6 is 0 Å². The highest BCUT2D eigenvalue weighted by molar-refractivity contribution is 5.75. The highest BCUT2D eigenvalue weighted by Crippen LogP contribution is 2.15. The van der Waals surface area contributed by atoms with Gasteiger partial charge in [0, 0.05) is 6.42 Å². The van der Waals surface area contributed by atoms with Crippen LogP contribution in [0.25, 0.3) is 0 Å². The van der Waals surface area contributed by atoms with Crippen LogP contribution in [0.2, 0.25) is 0 Å². The molecule has 0 heterocycles. The van der Waals surface area contributed by atoms with Gasteiger partial charge in [-0.1, -0.05) is 12.7 Å². The van der Waals surface area contributed by atoms with Crippen molar-refractivity contribution in [1.82, 2.24) is 0 Å². The molecule has 2 N–H and O–H groups in total. The molecule has 0 rings (SSSR count). The lowest BCUT2D eigenvalue weighted by atomic mass is 10.0. The van der Waals surface area contributed by atoms with Gasteiger partial charge in [-0.15, -0.1) is 0 Å². The summed E-state index contributed by atoms with van der Waals surface area (Å²) < 4.78 is 17.7. The van der Waals surface area contributed by atoms with Gasteiger partial charge in [-0.2, -0.15) is 0 Å². The summed E-state index contributed by atoms with van der Waals surface area (Å²) in [6, 6.07) is -0.903. The molecule has 0 aliphatic rings. The van der Waals surface area contributed by atoms with E-state index in [2.05, 4.69) is 11.3 Å². The lowest BCUT2D eigenvalue weighted by molar-refractivity contribution is -0.144. The maximum atomic E-state index is 13.0. The maximum Gasteiger partial charge on any atom is 0.323 e. The van der Waals surface area contributed by atoms with Crippen LogP contribution in [0.15, 0.2) is 12.7 Å². The monoisotopic (exact) mass is 189 g/mol. The fourth-order valence-corrected chi connectivity index (χ4v) is 0.854. The first-order valence-corrected chi connectivity index (χ1v) is 4.09. The van der Waals surface area contributed by atoms with E-state index >= 15 is 0 Å². The molecule has 76 valence electrons. The van der Waals surface area contributed by atoms with E-state index in [1.807, 2.05) is 0 Å². The van der Waals surface area contributed by atoms with Crippen LogP contribution < -0.4 is 5.73 Å². The van der Waals surface area contributed by atoms with Gasteiger partial charge in [-0.3, -0.25) is 4.79 Å². The SMILES string of the molecule is C=CCOC(=O)[C@@H](N)CC(C)(C)F. The van der Waals surface area contributed by atoms with Crippen LogP contribution in [0, 0.1) is 0 Å². The van der Waals surface area contributed by atoms with Gasteiger partial charge < -0.3 is 10.5 Å². The van der Waals surface area contributed by atoms with Gasteiger partial charge in [-0.25, -0.2) is 4.39 Å². The second-order valence-corrected chi connectivity index (χ2v) is 3.45. The van der Waals surface area contributed by atoms with E-state index < -0.39 is 17.7 Å². The summed E-state index contributed by atoms with van der Waals surface area (Å²) in [6.45, 7) is 6.22. The Bertz CT molecular complexity index is 187. The number of esters is 1. The third kappa shape index (κ3) is 6.28. The van der Waals surface area contributed by atoms with Crippen LogP contribution in [0.5, 0.6) is 0 Å². The summed E-state index contributed by atoms with van der Waals surface area (Å²) in [6.07, 6.45) is 1.40. The Hall–Kier alpha value is -0.900. The number of rotatable bonds is 5. The second kappa shape index (κ2) is 4.97. The quantitative estimate of drug-likeness (QED) is 0.522. The van der Waals surface area contributed by atoms with Crippen LogP contribution in [0.3, 0.4) is 0 Å². The van der Waals surface area contributed by atoms with Crippen LogP contribution in [-0.4, -0.2) is 24.3 Å². The molecule has 0 unspecified atom stereocenters. The average molecular weight is 189 g/mol. The molecule has 0 fully saturated rings. The number of alkyl halides is 1. The number of ether oxygens (including phenoxy) is 1. The molecule has 0 aromatic carbocycles. The van der Waals surface area contributed by atoms with Gasteiger partial charge in [0.25, 0.3) is 0 Å². The Morgan fingerprint density at radius 1 is 1.77 bits per heavy atom.